The average molecular weight is 739 g/mol. The molecule has 0 saturated heterocycles. The van der Waals surface area contributed by atoms with Crippen LogP contribution in [0.1, 0.15) is 0 Å². The van der Waals surface area contributed by atoms with Crippen molar-refractivity contribution in [2.45, 2.75) is 0 Å². The summed E-state index contributed by atoms with van der Waals surface area (Å²) in [5.74, 6) is 0. The quantitative estimate of drug-likeness (QED) is 0.158. The lowest BCUT2D eigenvalue weighted by atomic mass is 9.94. The zero-order valence-electron chi connectivity index (χ0n) is 31.8. The van der Waals surface area contributed by atoms with Gasteiger partial charge in [0.1, 0.15) is 0 Å². The van der Waals surface area contributed by atoms with Gasteiger partial charge in [0, 0.05) is 38.8 Å². The van der Waals surface area contributed by atoms with Crippen molar-refractivity contribution in [3.63, 3.8) is 0 Å². The van der Waals surface area contributed by atoms with Crippen LogP contribution in [-0.2, 0) is 0 Å². The highest BCUT2D eigenvalue weighted by molar-refractivity contribution is 6.24. The minimum Gasteiger partial charge on any atom is -0.310 e. The third-order valence-corrected chi connectivity index (χ3v) is 11.5. The van der Waals surface area contributed by atoms with Crippen molar-refractivity contribution in [1.29, 1.82) is 0 Å². The maximum atomic E-state index is 2.44. The fraction of sp³-hybridized carbons (Fsp3) is 0. The van der Waals surface area contributed by atoms with Crippen LogP contribution in [0.4, 0.5) is 17.1 Å². The second-order valence-electron chi connectivity index (χ2n) is 14.9. The second-order valence-corrected chi connectivity index (χ2v) is 14.9. The molecule has 0 unspecified atom stereocenters. The molecule has 0 aliphatic heterocycles. The smallest absolute Gasteiger partial charge is 0.0625 e. The predicted octanol–water partition coefficient (Wildman–Crippen LogP) is 15.6. The Hall–Kier alpha value is -7.68. The van der Waals surface area contributed by atoms with Gasteiger partial charge in [-0.05, 0) is 98.6 Å². The molecule has 0 saturated carbocycles. The molecule has 11 rings (SSSR count). The minimum absolute atomic E-state index is 1.09. The summed E-state index contributed by atoms with van der Waals surface area (Å²) in [5, 5.41) is 7.45. The van der Waals surface area contributed by atoms with Gasteiger partial charge in [-0.3, -0.25) is 0 Å². The van der Waals surface area contributed by atoms with E-state index in [4.69, 9.17) is 0 Å². The van der Waals surface area contributed by atoms with Crippen LogP contribution in [-0.4, -0.2) is 4.57 Å². The molecule has 0 radical (unpaired) electrons. The van der Waals surface area contributed by atoms with Gasteiger partial charge in [-0.1, -0.05) is 176 Å². The van der Waals surface area contributed by atoms with Crippen molar-refractivity contribution in [3.05, 3.63) is 231 Å². The van der Waals surface area contributed by atoms with Crippen molar-refractivity contribution in [1.82, 2.24) is 4.57 Å². The van der Waals surface area contributed by atoms with E-state index < -0.39 is 0 Å². The lowest BCUT2D eigenvalue weighted by Gasteiger charge is -2.28. The summed E-state index contributed by atoms with van der Waals surface area (Å²) in [4.78, 5) is 2.42. The van der Waals surface area contributed by atoms with E-state index in [1.807, 2.05) is 0 Å². The third kappa shape index (κ3) is 5.66. The van der Waals surface area contributed by atoms with Crippen molar-refractivity contribution in [3.8, 4) is 39.1 Å². The Bertz CT molecular complexity index is 3260. The molecule has 2 heteroatoms. The number of nitrogens with zero attached hydrogens (tertiary/aromatic N) is 2. The molecule has 2 nitrogen and oxygen atoms in total. The summed E-state index contributed by atoms with van der Waals surface area (Å²) in [7, 11) is 0. The van der Waals surface area contributed by atoms with E-state index in [0.29, 0.717) is 0 Å². The molecule has 0 amide bonds. The lowest BCUT2D eigenvalue weighted by molar-refractivity contribution is 1.19. The standard InChI is InChI=1S/C56H38N2/c1-3-17-40(18-4-1)49-27-11-13-31-53(49)57(45-35-33-41(34-36-45)48-30-16-21-39-19-7-9-26-47(39)48)46-25-15-22-42(37-46)52-38-43-20-8-10-28-50(43)56-55(52)51-29-12-14-32-54(51)58(56)44-23-5-2-6-24-44/h1-38H. The molecule has 1 heterocycles. The first-order valence-corrected chi connectivity index (χ1v) is 19.9. The van der Waals surface area contributed by atoms with E-state index in [0.717, 1.165) is 22.7 Å². The number of hydrogen-bond acceptors (Lipinski definition) is 1. The Balaban J connectivity index is 1.14. The maximum absolute atomic E-state index is 2.44. The number of hydrogen-bond donors (Lipinski definition) is 0. The monoisotopic (exact) mass is 738 g/mol. The Morgan fingerprint density at radius 2 is 0.914 bits per heavy atom. The average Bonchev–Trinajstić information content (AvgIpc) is 3.65. The second kappa shape index (κ2) is 14.1. The zero-order chi connectivity index (χ0) is 38.4. The Morgan fingerprint density at radius 1 is 0.328 bits per heavy atom. The largest absolute Gasteiger partial charge is 0.310 e. The van der Waals surface area contributed by atoms with Crippen LogP contribution in [0.25, 0.3) is 82.4 Å². The van der Waals surface area contributed by atoms with Crippen LogP contribution in [0, 0.1) is 0 Å². The highest BCUT2D eigenvalue weighted by Gasteiger charge is 2.22. The van der Waals surface area contributed by atoms with E-state index >= 15 is 0 Å². The zero-order valence-corrected chi connectivity index (χ0v) is 31.8. The molecular weight excluding hydrogens is 701 g/mol. The number of para-hydroxylation sites is 3. The summed E-state index contributed by atoms with van der Waals surface area (Å²) in [6.07, 6.45) is 0. The molecule has 0 aliphatic carbocycles. The van der Waals surface area contributed by atoms with E-state index in [1.165, 1.54) is 76.7 Å². The molecule has 0 N–H and O–H groups in total. The first kappa shape index (κ1) is 33.6. The van der Waals surface area contributed by atoms with Gasteiger partial charge in [0.2, 0.25) is 0 Å². The highest BCUT2D eigenvalue weighted by atomic mass is 15.1. The van der Waals surface area contributed by atoms with Crippen LogP contribution in [0.5, 0.6) is 0 Å². The topological polar surface area (TPSA) is 8.17 Å². The van der Waals surface area contributed by atoms with Gasteiger partial charge in [0.25, 0.3) is 0 Å². The van der Waals surface area contributed by atoms with Crippen LogP contribution in [0.2, 0.25) is 0 Å². The van der Waals surface area contributed by atoms with Crippen molar-refractivity contribution < 1.29 is 0 Å². The number of rotatable bonds is 7. The van der Waals surface area contributed by atoms with Crippen LogP contribution in [0.15, 0.2) is 231 Å². The lowest BCUT2D eigenvalue weighted by Crippen LogP contribution is -2.11. The van der Waals surface area contributed by atoms with Crippen molar-refractivity contribution in [2.24, 2.45) is 0 Å². The Kier molecular flexibility index (Phi) is 8.19. The molecule has 1 aromatic heterocycles. The third-order valence-electron chi connectivity index (χ3n) is 11.5. The molecular formula is C56H38N2. The molecule has 0 aliphatic rings. The number of fused-ring (bicyclic) bond motifs is 6. The van der Waals surface area contributed by atoms with E-state index in [1.54, 1.807) is 0 Å². The van der Waals surface area contributed by atoms with Crippen LogP contribution < -0.4 is 4.90 Å². The molecule has 0 fully saturated rings. The van der Waals surface area contributed by atoms with Gasteiger partial charge in [-0.25, -0.2) is 0 Å². The Morgan fingerprint density at radius 3 is 1.74 bits per heavy atom. The molecule has 0 atom stereocenters. The summed E-state index contributed by atoms with van der Waals surface area (Å²) >= 11 is 0. The van der Waals surface area contributed by atoms with Crippen LogP contribution >= 0.6 is 0 Å². The molecule has 10 aromatic carbocycles. The molecule has 11 aromatic rings. The summed E-state index contributed by atoms with van der Waals surface area (Å²) in [6.45, 7) is 0. The van der Waals surface area contributed by atoms with Crippen LogP contribution in [0.3, 0.4) is 0 Å². The van der Waals surface area contributed by atoms with Crippen molar-refractivity contribution in [2.75, 3.05) is 4.90 Å². The summed E-state index contributed by atoms with van der Waals surface area (Å²) in [5.41, 5.74) is 14.0. The Labute approximate surface area is 338 Å². The van der Waals surface area contributed by atoms with Gasteiger partial charge in [-0.15, -0.1) is 0 Å². The normalized spacial score (nSPS) is 11.4. The first-order valence-electron chi connectivity index (χ1n) is 19.9. The summed E-state index contributed by atoms with van der Waals surface area (Å²) < 4.78 is 2.44. The van der Waals surface area contributed by atoms with Gasteiger partial charge in [0.05, 0.1) is 16.7 Å². The fourth-order valence-corrected chi connectivity index (χ4v) is 8.94. The van der Waals surface area contributed by atoms with Crippen molar-refractivity contribution >= 4 is 60.4 Å². The molecule has 0 spiro atoms. The predicted molar refractivity (Wildman–Crippen MR) is 247 cm³/mol. The van der Waals surface area contributed by atoms with Gasteiger partial charge in [-0.2, -0.15) is 0 Å². The molecule has 58 heavy (non-hydrogen) atoms. The fourth-order valence-electron chi connectivity index (χ4n) is 8.94. The highest BCUT2D eigenvalue weighted by Crippen LogP contribution is 2.46. The number of benzene rings is 10. The minimum atomic E-state index is 1.09. The van der Waals surface area contributed by atoms with Gasteiger partial charge in [0.15, 0.2) is 0 Å². The maximum Gasteiger partial charge on any atom is 0.0625 e. The van der Waals surface area contributed by atoms with E-state index in [-0.39, 0.29) is 0 Å². The first-order chi connectivity index (χ1) is 28.8. The SMILES string of the molecule is c1ccc(-c2ccccc2N(c2ccc(-c3cccc4ccccc34)cc2)c2cccc(-c3cc4ccccc4c4c3c3ccccc3n4-c3ccccc3)c2)cc1. The number of aromatic nitrogens is 1. The number of anilines is 3. The van der Waals surface area contributed by atoms with Gasteiger partial charge < -0.3 is 9.47 Å². The van der Waals surface area contributed by atoms with E-state index in [2.05, 4.69) is 240 Å². The molecule has 272 valence electrons. The summed E-state index contributed by atoms with van der Waals surface area (Å²) in [6, 6.07) is 83.7. The molecule has 0 bridgehead atoms. The van der Waals surface area contributed by atoms with Gasteiger partial charge >= 0.3 is 0 Å². The van der Waals surface area contributed by atoms with E-state index in [9.17, 15) is 0 Å².